The van der Waals surface area contributed by atoms with Crippen LogP contribution < -0.4 is 5.32 Å². The van der Waals surface area contributed by atoms with Crippen LogP contribution in [0.3, 0.4) is 0 Å². The number of alkyl halides is 3. The van der Waals surface area contributed by atoms with E-state index in [1.807, 2.05) is 6.07 Å². The summed E-state index contributed by atoms with van der Waals surface area (Å²) in [5.41, 5.74) is -1.01. The molecule has 9 nitrogen and oxygen atoms in total. The predicted molar refractivity (Wildman–Crippen MR) is 115 cm³/mol. The number of pyridine rings is 2. The van der Waals surface area contributed by atoms with Gasteiger partial charge in [-0.2, -0.15) is 28.6 Å². The second kappa shape index (κ2) is 9.12. The lowest BCUT2D eigenvalue weighted by Crippen LogP contribution is -2.21. The Morgan fingerprint density at radius 1 is 1.26 bits per heavy atom. The molecule has 0 aliphatic heterocycles. The van der Waals surface area contributed by atoms with E-state index >= 15 is 0 Å². The molecule has 4 rings (SSSR count). The number of nitrogens with one attached hydrogen (secondary N) is 1. The van der Waals surface area contributed by atoms with Crippen molar-refractivity contribution >= 4 is 28.7 Å². The van der Waals surface area contributed by atoms with Crippen molar-refractivity contribution in [3.8, 4) is 11.8 Å². The highest BCUT2D eigenvalue weighted by molar-refractivity contribution is 6.31. The van der Waals surface area contributed by atoms with E-state index < -0.39 is 23.3 Å². The highest BCUT2D eigenvalue weighted by atomic mass is 35.5. The Morgan fingerprint density at radius 3 is 2.74 bits per heavy atom. The van der Waals surface area contributed by atoms with Crippen LogP contribution in [0.15, 0.2) is 42.9 Å². The van der Waals surface area contributed by atoms with Crippen molar-refractivity contribution in [3.63, 3.8) is 0 Å². The number of fused-ring (bicyclic) bond motifs is 1. The van der Waals surface area contributed by atoms with E-state index in [1.165, 1.54) is 48.3 Å². The van der Waals surface area contributed by atoms with Crippen LogP contribution in [0.5, 0.6) is 0 Å². The standard InChI is InChI=1S/C21H15ClF3N7O2/c1-34-7-5-16-15(22)8-12(10-27-16)30-20(33)14-11-29-32(19(14)21(23,24)25)17-3-2-13(9-26)31-18(17)4-6-28-31/h2-4,6,8,10-11H,5,7H2,1H3,(H,30,33). The smallest absolute Gasteiger partial charge is 0.384 e. The number of hydrogen-bond acceptors (Lipinski definition) is 6. The van der Waals surface area contributed by atoms with Gasteiger partial charge in [-0.1, -0.05) is 11.6 Å². The lowest BCUT2D eigenvalue weighted by atomic mass is 10.2. The van der Waals surface area contributed by atoms with Crippen LogP contribution in [0, 0.1) is 11.3 Å². The fourth-order valence-electron chi connectivity index (χ4n) is 3.35. The summed E-state index contributed by atoms with van der Waals surface area (Å²) in [5, 5.41) is 19.6. The Hall–Kier alpha value is -3.95. The van der Waals surface area contributed by atoms with Gasteiger partial charge in [0.2, 0.25) is 0 Å². The van der Waals surface area contributed by atoms with Crippen LogP contribution in [0.1, 0.15) is 27.4 Å². The maximum Gasteiger partial charge on any atom is 0.434 e. The fourth-order valence-corrected chi connectivity index (χ4v) is 3.61. The fraction of sp³-hybridized carbons (Fsp3) is 0.190. The molecule has 0 radical (unpaired) electrons. The lowest BCUT2D eigenvalue weighted by Gasteiger charge is -2.14. The van der Waals surface area contributed by atoms with Gasteiger partial charge < -0.3 is 10.1 Å². The highest BCUT2D eigenvalue weighted by Crippen LogP contribution is 2.35. The zero-order chi connectivity index (χ0) is 24.5. The number of ether oxygens (including phenoxy) is 1. The Balaban J connectivity index is 1.72. The van der Waals surface area contributed by atoms with Crippen LogP contribution in [0.4, 0.5) is 18.9 Å². The zero-order valence-electron chi connectivity index (χ0n) is 17.5. The van der Waals surface area contributed by atoms with E-state index in [9.17, 15) is 23.2 Å². The normalized spacial score (nSPS) is 11.5. The SMILES string of the molecule is COCCc1ncc(NC(=O)c2cnn(-c3ccc(C#N)n4nccc34)c2C(F)(F)F)cc1Cl. The molecule has 1 N–H and O–H groups in total. The first-order chi connectivity index (χ1) is 16.2. The molecule has 1 amide bonds. The van der Waals surface area contributed by atoms with Gasteiger partial charge in [-0.25, -0.2) is 9.20 Å². The van der Waals surface area contributed by atoms with Crippen LogP contribution in [0.2, 0.25) is 5.02 Å². The molecule has 0 saturated heterocycles. The molecule has 0 atom stereocenters. The van der Waals surface area contributed by atoms with Gasteiger partial charge in [0.05, 0.1) is 58.4 Å². The average molecular weight is 490 g/mol. The first-order valence-corrected chi connectivity index (χ1v) is 10.1. The van der Waals surface area contributed by atoms with Crippen LogP contribution in [-0.2, 0) is 17.3 Å². The second-order valence-corrected chi connectivity index (χ2v) is 7.42. The molecule has 0 unspecified atom stereocenters. The topological polar surface area (TPSA) is 110 Å². The van der Waals surface area contributed by atoms with Gasteiger partial charge in [0.15, 0.2) is 5.69 Å². The predicted octanol–water partition coefficient (Wildman–Crippen LogP) is 3.90. The summed E-state index contributed by atoms with van der Waals surface area (Å²) in [7, 11) is 1.52. The van der Waals surface area contributed by atoms with Crippen molar-refractivity contribution in [2.24, 2.45) is 0 Å². The summed E-state index contributed by atoms with van der Waals surface area (Å²) in [6.45, 7) is 0.381. The molecule has 174 valence electrons. The number of carbonyl (C=O) groups excluding carboxylic acids is 1. The maximum absolute atomic E-state index is 14.1. The summed E-state index contributed by atoms with van der Waals surface area (Å²) in [5.74, 6) is -1.04. The van der Waals surface area contributed by atoms with Crippen molar-refractivity contribution in [1.82, 2.24) is 24.4 Å². The third-order valence-corrected chi connectivity index (χ3v) is 5.20. The second-order valence-electron chi connectivity index (χ2n) is 7.01. The zero-order valence-corrected chi connectivity index (χ0v) is 18.2. The van der Waals surface area contributed by atoms with Crippen molar-refractivity contribution in [3.05, 3.63) is 70.5 Å². The number of methoxy groups -OCH3 is 1. The van der Waals surface area contributed by atoms with E-state index in [1.54, 1.807) is 0 Å². The number of aromatic nitrogens is 5. The summed E-state index contributed by atoms with van der Waals surface area (Å²) in [6.07, 6.45) is -1.03. The summed E-state index contributed by atoms with van der Waals surface area (Å²) < 4.78 is 49.0. The van der Waals surface area contributed by atoms with Gasteiger partial charge in [0, 0.05) is 13.5 Å². The summed E-state index contributed by atoms with van der Waals surface area (Å²) in [6, 6.07) is 7.37. The minimum absolute atomic E-state index is 0.00455. The van der Waals surface area contributed by atoms with E-state index in [-0.39, 0.29) is 27.6 Å². The number of anilines is 1. The van der Waals surface area contributed by atoms with Crippen LogP contribution in [0.25, 0.3) is 11.2 Å². The van der Waals surface area contributed by atoms with Crippen molar-refractivity contribution < 1.29 is 22.7 Å². The monoisotopic (exact) mass is 489 g/mol. The van der Waals surface area contributed by atoms with E-state index in [2.05, 4.69) is 20.5 Å². The third-order valence-electron chi connectivity index (χ3n) is 4.88. The van der Waals surface area contributed by atoms with Crippen molar-refractivity contribution in [1.29, 1.82) is 5.26 Å². The Kier molecular flexibility index (Phi) is 6.23. The number of hydrogen-bond donors (Lipinski definition) is 1. The van der Waals surface area contributed by atoms with Crippen LogP contribution >= 0.6 is 11.6 Å². The van der Waals surface area contributed by atoms with Gasteiger partial charge in [-0.05, 0) is 24.3 Å². The molecule has 4 heterocycles. The number of rotatable bonds is 6. The van der Waals surface area contributed by atoms with Crippen molar-refractivity contribution in [2.45, 2.75) is 12.6 Å². The van der Waals surface area contributed by atoms with E-state index in [0.717, 1.165) is 6.20 Å². The molecule has 0 spiro atoms. The third kappa shape index (κ3) is 4.30. The van der Waals surface area contributed by atoms with Gasteiger partial charge in [-0.15, -0.1) is 0 Å². The van der Waals surface area contributed by atoms with Crippen LogP contribution in [-0.4, -0.2) is 44.0 Å². The first kappa shape index (κ1) is 23.2. The number of amides is 1. The molecule has 13 heteroatoms. The summed E-state index contributed by atoms with van der Waals surface area (Å²) in [4.78, 5) is 16.9. The Labute approximate surface area is 195 Å². The largest absolute Gasteiger partial charge is 0.434 e. The number of nitriles is 1. The molecule has 0 aliphatic carbocycles. The van der Waals surface area contributed by atoms with Gasteiger partial charge in [0.1, 0.15) is 11.8 Å². The van der Waals surface area contributed by atoms with E-state index in [4.69, 9.17) is 16.3 Å². The molecule has 0 saturated carbocycles. The molecular weight excluding hydrogens is 475 g/mol. The molecule has 0 bridgehead atoms. The van der Waals surface area contributed by atoms with Gasteiger partial charge >= 0.3 is 6.18 Å². The summed E-state index contributed by atoms with van der Waals surface area (Å²) >= 11 is 6.16. The highest BCUT2D eigenvalue weighted by Gasteiger charge is 2.41. The minimum atomic E-state index is -4.92. The molecule has 34 heavy (non-hydrogen) atoms. The van der Waals surface area contributed by atoms with Gasteiger partial charge in [0.25, 0.3) is 5.91 Å². The van der Waals surface area contributed by atoms with Crippen molar-refractivity contribution in [2.75, 3.05) is 19.0 Å². The lowest BCUT2D eigenvalue weighted by molar-refractivity contribution is -0.143. The van der Waals surface area contributed by atoms with Gasteiger partial charge in [-0.3, -0.25) is 9.78 Å². The quantitative estimate of drug-likeness (QED) is 0.440. The Morgan fingerprint density at radius 2 is 2.06 bits per heavy atom. The maximum atomic E-state index is 14.1. The molecule has 4 aromatic heterocycles. The average Bonchev–Trinajstić information content (AvgIpc) is 3.45. The molecule has 0 fully saturated rings. The van der Waals surface area contributed by atoms with E-state index in [0.29, 0.717) is 23.4 Å². The molecule has 0 aliphatic rings. The number of halogens is 4. The minimum Gasteiger partial charge on any atom is -0.384 e. The molecular formula is C21H15ClF3N7O2. The number of nitrogens with zero attached hydrogens (tertiary/aromatic N) is 6. The molecule has 4 aromatic rings. The molecule has 0 aromatic carbocycles. The Bertz CT molecular complexity index is 1420. The first-order valence-electron chi connectivity index (χ1n) is 9.71. The number of carbonyl (C=O) groups is 1.